The third-order valence-corrected chi connectivity index (χ3v) is 5.16. The van der Waals surface area contributed by atoms with Crippen molar-refractivity contribution >= 4 is 23.1 Å². The maximum absolute atomic E-state index is 5.52. The molecule has 0 spiro atoms. The van der Waals surface area contributed by atoms with E-state index in [1.165, 1.54) is 17.3 Å². The first-order valence-electron chi connectivity index (χ1n) is 7.38. The van der Waals surface area contributed by atoms with E-state index in [9.17, 15) is 0 Å². The van der Waals surface area contributed by atoms with Crippen LogP contribution in [0.3, 0.4) is 0 Å². The summed E-state index contributed by atoms with van der Waals surface area (Å²) in [5.74, 6) is 2.10. The Bertz CT molecular complexity index is 926. The number of aromatic nitrogens is 4. The molecule has 1 N–H and O–H groups in total. The number of thioether (sulfide) groups is 1. The fourth-order valence-electron chi connectivity index (χ4n) is 2.18. The van der Waals surface area contributed by atoms with E-state index in [2.05, 4.69) is 39.2 Å². The first-order chi connectivity index (χ1) is 11.8. The fraction of sp³-hybridized carbons (Fsp3) is 0.118. The highest BCUT2D eigenvalue weighted by Gasteiger charge is 2.10. The fourth-order valence-corrected chi connectivity index (χ4v) is 3.51. The average molecular weight is 354 g/mol. The predicted molar refractivity (Wildman–Crippen MR) is 95.9 cm³/mol. The van der Waals surface area contributed by atoms with Crippen molar-refractivity contribution in [2.45, 2.75) is 17.8 Å². The van der Waals surface area contributed by atoms with E-state index in [-0.39, 0.29) is 0 Å². The third-order valence-electron chi connectivity index (χ3n) is 3.42. The summed E-state index contributed by atoms with van der Waals surface area (Å²) in [6, 6.07) is 12.2. The van der Waals surface area contributed by atoms with Crippen LogP contribution in [0.2, 0.25) is 0 Å². The molecule has 3 heterocycles. The highest BCUT2D eigenvalue weighted by Crippen LogP contribution is 2.26. The van der Waals surface area contributed by atoms with Crippen molar-refractivity contribution in [2.75, 3.05) is 0 Å². The van der Waals surface area contributed by atoms with Crippen LogP contribution in [0.15, 0.2) is 57.6 Å². The topological polar surface area (TPSA) is 67.6 Å². The number of aromatic amines is 1. The van der Waals surface area contributed by atoms with Crippen molar-refractivity contribution in [3.8, 4) is 22.2 Å². The third kappa shape index (κ3) is 3.27. The number of rotatable bonds is 5. The number of hydrogen-bond acceptors (Lipinski definition) is 6. The summed E-state index contributed by atoms with van der Waals surface area (Å²) in [7, 11) is 0. The molecular formula is C17H14N4OS2. The van der Waals surface area contributed by atoms with E-state index in [4.69, 9.17) is 4.42 Å². The minimum atomic E-state index is 0.663. The molecule has 0 saturated heterocycles. The Morgan fingerprint density at radius 3 is 2.83 bits per heavy atom. The van der Waals surface area contributed by atoms with Gasteiger partial charge in [0.1, 0.15) is 6.26 Å². The molecule has 0 atom stereocenters. The van der Waals surface area contributed by atoms with E-state index in [0.717, 1.165) is 22.0 Å². The van der Waals surface area contributed by atoms with Crippen LogP contribution in [0.1, 0.15) is 11.3 Å². The largest absolute Gasteiger partial charge is 0.444 e. The summed E-state index contributed by atoms with van der Waals surface area (Å²) in [5.41, 5.74) is 3.13. The van der Waals surface area contributed by atoms with Crippen LogP contribution in [0, 0.1) is 6.92 Å². The molecule has 0 amide bonds. The average Bonchev–Trinajstić information content (AvgIpc) is 3.34. The molecule has 24 heavy (non-hydrogen) atoms. The molecule has 0 aliphatic rings. The van der Waals surface area contributed by atoms with Crippen LogP contribution in [-0.4, -0.2) is 20.2 Å². The van der Waals surface area contributed by atoms with E-state index < -0.39 is 0 Å². The molecule has 120 valence electrons. The van der Waals surface area contributed by atoms with Crippen molar-refractivity contribution in [2.24, 2.45) is 0 Å². The van der Waals surface area contributed by atoms with Crippen molar-refractivity contribution < 1.29 is 4.42 Å². The van der Waals surface area contributed by atoms with Gasteiger partial charge in [-0.15, -0.1) is 16.4 Å². The molecule has 0 fully saturated rings. The van der Waals surface area contributed by atoms with Gasteiger partial charge in [-0.2, -0.15) is 0 Å². The zero-order chi connectivity index (χ0) is 16.4. The van der Waals surface area contributed by atoms with Crippen LogP contribution in [0.5, 0.6) is 0 Å². The second-order valence-electron chi connectivity index (χ2n) is 5.24. The highest BCUT2D eigenvalue weighted by atomic mass is 32.2. The zero-order valence-corrected chi connectivity index (χ0v) is 14.5. The lowest BCUT2D eigenvalue weighted by atomic mass is 10.1. The van der Waals surface area contributed by atoms with E-state index >= 15 is 0 Å². The Kier molecular flexibility index (Phi) is 4.18. The van der Waals surface area contributed by atoms with E-state index in [1.54, 1.807) is 17.6 Å². The lowest BCUT2D eigenvalue weighted by Gasteiger charge is -1.96. The highest BCUT2D eigenvalue weighted by molar-refractivity contribution is 7.98. The summed E-state index contributed by atoms with van der Waals surface area (Å²) in [6.07, 6.45) is 1.69. The maximum atomic E-state index is 5.52. The molecule has 4 rings (SSSR count). The molecular weight excluding hydrogens is 340 g/mol. The maximum Gasteiger partial charge on any atom is 0.236 e. The Morgan fingerprint density at radius 2 is 2.04 bits per heavy atom. The van der Waals surface area contributed by atoms with Crippen molar-refractivity contribution in [1.29, 1.82) is 0 Å². The number of thiophene rings is 1. The lowest BCUT2D eigenvalue weighted by Crippen LogP contribution is -1.83. The summed E-state index contributed by atoms with van der Waals surface area (Å²) >= 11 is 3.14. The molecule has 0 radical (unpaired) electrons. The minimum Gasteiger partial charge on any atom is -0.444 e. The Hall–Kier alpha value is -2.38. The van der Waals surface area contributed by atoms with E-state index in [0.29, 0.717) is 16.8 Å². The van der Waals surface area contributed by atoms with Crippen LogP contribution >= 0.6 is 23.1 Å². The molecule has 4 aromatic rings. The molecule has 5 nitrogen and oxygen atoms in total. The molecule has 0 saturated carbocycles. The number of nitrogens with zero attached hydrogens (tertiary/aromatic N) is 3. The van der Waals surface area contributed by atoms with E-state index in [1.807, 2.05) is 29.6 Å². The summed E-state index contributed by atoms with van der Waals surface area (Å²) in [6.45, 7) is 2.06. The summed E-state index contributed by atoms with van der Waals surface area (Å²) in [5, 5.41) is 9.95. The number of nitrogens with one attached hydrogen (secondary N) is 1. The van der Waals surface area contributed by atoms with Gasteiger partial charge in [0, 0.05) is 11.3 Å². The monoisotopic (exact) mass is 354 g/mol. The summed E-state index contributed by atoms with van der Waals surface area (Å²) in [4.78, 5) is 10.1. The second kappa shape index (κ2) is 6.62. The quantitative estimate of drug-likeness (QED) is 0.522. The number of hydrogen-bond donors (Lipinski definition) is 1. The van der Waals surface area contributed by atoms with Crippen molar-refractivity contribution in [1.82, 2.24) is 20.2 Å². The van der Waals surface area contributed by atoms with Gasteiger partial charge in [0.2, 0.25) is 11.0 Å². The normalized spacial score (nSPS) is 11.0. The Morgan fingerprint density at radius 1 is 1.17 bits per heavy atom. The molecule has 0 aliphatic carbocycles. The summed E-state index contributed by atoms with van der Waals surface area (Å²) < 4.78 is 5.52. The molecule has 0 unspecified atom stereocenters. The van der Waals surface area contributed by atoms with Crippen molar-refractivity contribution in [3.63, 3.8) is 0 Å². The number of oxazole rings is 1. The van der Waals surface area contributed by atoms with Gasteiger partial charge in [0.05, 0.1) is 10.6 Å². The van der Waals surface area contributed by atoms with Gasteiger partial charge in [-0.05, 0) is 18.4 Å². The van der Waals surface area contributed by atoms with Crippen molar-refractivity contribution in [3.05, 3.63) is 59.3 Å². The zero-order valence-electron chi connectivity index (χ0n) is 12.9. The number of H-pyrrole nitrogens is 1. The standard InChI is InChI=1S/C17H14N4OS2/c1-11-4-6-12(7-5-11)15-19-17(21-20-15)24-10-13-9-22-16(18-13)14-3-2-8-23-14/h2-9H,10H2,1H3,(H,19,20,21). The SMILES string of the molecule is Cc1ccc(-c2nc(SCc3coc(-c4cccs4)n3)n[nH]2)cc1. The molecule has 1 aromatic carbocycles. The van der Waals surface area contributed by atoms with Crippen LogP contribution in [0.25, 0.3) is 22.2 Å². The lowest BCUT2D eigenvalue weighted by molar-refractivity contribution is 0.575. The Labute approximate surface area is 147 Å². The molecule has 7 heteroatoms. The first-order valence-corrected chi connectivity index (χ1v) is 9.25. The van der Waals surface area contributed by atoms with Gasteiger partial charge in [0.15, 0.2) is 5.82 Å². The van der Waals surface area contributed by atoms with Gasteiger partial charge < -0.3 is 4.42 Å². The van der Waals surface area contributed by atoms with Gasteiger partial charge >= 0.3 is 0 Å². The molecule has 0 bridgehead atoms. The molecule has 3 aromatic heterocycles. The number of aryl methyl sites for hydroxylation is 1. The van der Waals surface area contributed by atoms with Gasteiger partial charge in [-0.25, -0.2) is 9.97 Å². The molecule has 0 aliphatic heterocycles. The second-order valence-corrected chi connectivity index (χ2v) is 7.13. The van der Waals surface area contributed by atoms with Crippen LogP contribution in [-0.2, 0) is 5.75 Å². The first kappa shape index (κ1) is 15.2. The van der Waals surface area contributed by atoms with Crippen LogP contribution < -0.4 is 0 Å². The van der Waals surface area contributed by atoms with Gasteiger partial charge in [0.25, 0.3) is 0 Å². The van der Waals surface area contributed by atoms with Crippen LogP contribution in [0.4, 0.5) is 0 Å². The smallest absolute Gasteiger partial charge is 0.236 e. The van der Waals surface area contributed by atoms with Gasteiger partial charge in [-0.1, -0.05) is 47.7 Å². The predicted octanol–water partition coefficient (Wildman–Crippen LogP) is 4.79. The van der Waals surface area contributed by atoms with Gasteiger partial charge in [-0.3, -0.25) is 5.10 Å². The minimum absolute atomic E-state index is 0.663. The number of benzene rings is 1. The Balaban J connectivity index is 1.42.